The van der Waals surface area contributed by atoms with Crippen molar-refractivity contribution in [3.8, 4) is 0 Å². The summed E-state index contributed by atoms with van der Waals surface area (Å²) in [5, 5.41) is 6.52. The van der Waals surface area contributed by atoms with Crippen LogP contribution in [0.3, 0.4) is 0 Å². The molecule has 138 valence electrons. The van der Waals surface area contributed by atoms with Crippen LogP contribution < -0.4 is 20.4 Å². The molecule has 1 atom stereocenters. The van der Waals surface area contributed by atoms with Gasteiger partial charge in [0, 0.05) is 17.3 Å². The van der Waals surface area contributed by atoms with Crippen molar-refractivity contribution < 1.29 is 19.4 Å². The molecule has 0 spiro atoms. The van der Waals surface area contributed by atoms with E-state index in [4.69, 9.17) is 11.6 Å². The molecule has 6 nitrogen and oxygen atoms in total. The number of carbonyl (C=O) groups is 2. The molecule has 7 heteroatoms. The lowest BCUT2D eigenvalue weighted by atomic mass is 10.2. The second-order valence-electron chi connectivity index (χ2n) is 6.65. The number of amides is 2. The van der Waals surface area contributed by atoms with Crippen LogP contribution in [0.1, 0.15) is 20.3 Å². The zero-order valence-electron chi connectivity index (χ0n) is 15.0. The Morgan fingerprint density at radius 1 is 1.16 bits per heavy atom. The van der Waals surface area contributed by atoms with Crippen LogP contribution >= 0.6 is 11.6 Å². The van der Waals surface area contributed by atoms with Gasteiger partial charge in [-0.1, -0.05) is 18.5 Å². The van der Waals surface area contributed by atoms with Crippen LogP contribution in [0.5, 0.6) is 0 Å². The van der Waals surface area contributed by atoms with Gasteiger partial charge in [-0.25, -0.2) is 0 Å². The predicted octanol–water partition coefficient (Wildman–Crippen LogP) is -1.02. The topological polar surface area (TPSA) is 67.1 Å². The Labute approximate surface area is 154 Å². The fraction of sp³-hybridized carbons (Fsp3) is 0.556. The Morgan fingerprint density at radius 2 is 1.80 bits per heavy atom. The Hall–Kier alpha value is -1.63. The maximum Gasteiger partial charge on any atom is 0.282 e. The van der Waals surface area contributed by atoms with E-state index in [2.05, 4.69) is 10.6 Å². The highest BCUT2D eigenvalue weighted by molar-refractivity contribution is 6.30. The molecular weight excluding hydrogens is 340 g/mol. The molecule has 1 fully saturated rings. The summed E-state index contributed by atoms with van der Waals surface area (Å²) < 4.78 is 0. The van der Waals surface area contributed by atoms with Crippen molar-refractivity contribution in [2.45, 2.75) is 26.3 Å². The third kappa shape index (κ3) is 6.30. The van der Waals surface area contributed by atoms with Gasteiger partial charge in [0.15, 0.2) is 12.6 Å². The Morgan fingerprint density at radius 3 is 2.40 bits per heavy atom. The van der Waals surface area contributed by atoms with E-state index in [-0.39, 0.29) is 17.9 Å². The highest BCUT2D eigenvalue weighted by atomic mass is 35.5. The quantitative estimate of drug-likeness (QED) is 0.497. The molecule has 1 aromatic carbocycles. The molecule has 0 radical (unpaired) electrons. The number of carbonyl (C=O) groups excluding carboxylic acids is 2. The molecule has 2 rings (SSSR count). The number of quaternary nitrogens is 2. The van der Waals surface area contributed by atoms with Crippen LogP contribution in [0, 0.1) is 0 Å². The lowest BCUT2D eigenvalue weighted by Gasteiger charge is -2.32. The average Bonchev–Trinajstić information content (AvgIpc) is 2.62. The summed E-state index contributed by atoms with van der Waals surface area (Å²) in [6.45, 7) is 8.88. The summed E-state index contributed by atoms with van der Waals surface area (Å²) in [4.78, 5) is 26.8. The zero-order valence-corrected chi connectivity index (χ0v) is 15.8. The van der Waals surface area contributed by atoms with E-state index in [1.807, 2.05) is 13.8 Å². The van der Waals surface area contributed by atoms with Crippen LogP contribution in [0.15, 0.2) is 24.3 Å². The van der Waals surface area contributed by atoms with Crippen molar-refractivity contribution in [3.63, 3.8) is 0 Å². The minimum atomic E-state index is -0.119. The van der Waals surface area contributed by atoms with Gasteiger partial charge in [0.05, 0.1) is 0 Å². The molecule has 25 heavy (non-hydrogen) atoms. The number of piperazine rings is 1. The molecule has 1 aromatic rings. The highest BCUT2D eigenvalue weighted by Gasteiger charge is 2.31. The van der Waals surface area contributed by atoms with Crippen LogP contribution in [0.2, 0.25) is 5.02 Å². The largest absolute Gasteiger partial charge is 0.351 e. The molecule has 4 N–H and O–H groups in total. The van der Waals surface area contributed by atoms with Crippen LogP contribution in [-0.4, -0.2) is 57.1 Å². The van der Waals surface area contributed by atoms with Crippen LogP contribution in [0.25, 0.3) is 0 Å². The molecule has 1 aliphatic rings. The third-order valence-electron chi connectivity index (χ3n) is 4.70. The molecule has 1 saturated heterocycles. The maximum atomic E-state index is 12.4. The number of halogens is 1. The van der Waals surface area contributed by atoms with Crippen molar-refractivity contribution in [1.82, 2.24) is 5.32 Å². The average molecular weight is 369 g/mol. The summed E-state index contributed by atoms with van der Waals surface area (Å²) in [6, 6.07) is 7.02. The molecule has 0 aliphatic carbocycles. The van der Waals surface area contributed by atoms with E-state index < -0.39 is 0 Å². The number of benzene rings is 1. The van der Waals surface area contributed by atoms with Gasteiger partial charge in [-0.2, -0.15) is 0 Å². The first-order valence-electron chi connectivity index (χ1n) is 9.01. The van der Waals surface area contributed by atoms with Crippen molar-refractivity contribution >= 4 is 29.1 Å². The molecule has 1 aliphatic heterocycles. The molecular formula is C18H29ClN4O2+2. The van der Waals surface area contributed by atoms with Gasteiger partial charge in [-0.3, -0.25) is 9.59 Å². The molecule has 1 heterocycles. The zero-order chi connectivity index (χ0) is 18.2. The maximum absolute atomic E-state index is 12.4. The van der Waals surface area contributed by atoms with Crippen molar-refractivity contribution in [1.29, 1.82) is 0 Å². The van der Waals surface area contributed by atoms with E-state index >= 15 is 0 Å². The SMILES string of the molecule is CCCNC(=O)C[NH+]1CC[NH+]([C@@H](C)C(=O)Nc2ccc(Cl)cc2)CC1. The van der Waals surface area contributed by atoms with E-state index in [9.17, 15) is 9.59 Å². The predicted molar refractivity (Wildman–Crippen MR) is 99.1 cm³/mol. The molecule has 0 aromatic heterocycles. The van der Waals surface area contributed by atoms with Gasteiger partial charge in [0.1, 0.15) is 26.2 Å². The number of anilines is 1. The molecule has 0 unspecified atom stereocenters. The molecule has 0 bridgehead atoms. The third-order valence-corrected chi connectivity index (χ3v) is 4.95. The summed E-state index contributed by atoms with van der Waals surface area (Å²) >= 11 is 5.86. The van der Waals surface area contributed by atoms with Crippen molar-refractivity contribution in [2.75, 3.05) is 44.6 Å². The lowest BCUT2D eigenvalue weighted by molar-refractivity contribution is -1.01. The standard InChI is InChI=1S/C18H27ClN4O2/c1-3-8-20-17(24)13-22-9-11-23(12-10-22)14(2)18(25)21-16-6-4-15(19)5-7-16/h4-7,14H,3,8-13H2,1-2H3,(H,20,24)(H,21,25)/p+2/t14-/m0/s1. The van der Waals surface area contributed by atoms with Crippen LogP contribution in [-0.2, 0) is 9.59 Å². The van der Waals surface area contributed by atoms with E-state index in [1.54, 1.807) is 24.3 Å². The van der Waals surface area contributed by atoms with Gasteiger partial charge in [-0.05, 0) is 37.6 Å². The second kappa shape index (κ2) is 9.75. The Bertz CT molecular complexity index is 571. The number of hydrogen-bond donors (Lipinski definition) is 4. The first-order chi connectivity index (χ1) is 12.0. The van der Waals surface area contributed by atoms with Crippen molar-refractivity contribution in [2.24, 2.45) is 0 Å². The highest BCUT2D eigenvalue weighted by Crippen LogP contribution is 2.13. The van der Waals surface area contributed by atoms with Gasteiger partial charge < -0.3 is 20.4 Å². The minimum Gasteiger partial charge on any atom is -0.351 e. The smallest absolute Gasteiger partial charge is 0.282 e. The molecule has 0 saturated carbocycles. The summed E-state index contributed by atoms with van der Waals surface area (Å²) in [5.74, 6) is 0.135. The Kier molecular flexibility index (Phi) is 7.68. The lowest BCUT2D eigenvalue weighted by Crippen LogP contribution is -3.30. The summed E-state index contributed by atoms with van der Waals surface area (Å²) in [6.07, 6.45) is 0.958. The summed E-state index contributed by atoms with van der Waals surface area (Å²) in [7, 11) is 0. The fourth-order valence-electron chi connectivity index (χ4n) is 3.06. The van der Waals surface area contributed by atoms with Gasteiger partial charge in [0.2, 0.25) is 0 Å². The summed E-state index contributed by atoms with van der Waals surface area (Å²) in [5.41, 5.74) is 0.762. The number of rotatable bonds is 7. The normalized spacial score (nSPS) is 21.4. The van der Waals surface area contributed by atoms with Gasteiger partial charge in [0.25, 0.3) is 11.8 Å². The minimum absolute atomic E-state index is 0.0152. The first kappa shape index (κ1) is 19.7. The van der Waals surface area contributed by atoms with E-state index in [0.29, 0.717) is 11.6 Å². The number of hydrogen-bond acceptors (Lipinski definition) is 2. The van der Waals surface area contributed by atoms with E-state index in [1.165, 1.54) is 9.80 Å². The number of nitrogens with one attached hydrogen (secondary N) is 4. The molecule has 2 amide bonds. The first-order valence-corrected chi connectivity index (χ1v) is 9.38. The Balaban J connectivity index is 1.76. The fourth-order valence-corrected chi connectivity index (χ4v) is 3.18. The van der Waals surface area contributed by atoms with Crippen LogP contribution in [0.4, 0.5) is 5.69 Å². The van der Waals surface area contributed by atoms with Crippen molar-refractivity contribution in [3.05, 3.63) is 29.3 Å². The monoisotopic (exact) mass is 368 g/mol. The van der Waals surface area contributed by atoms with Gasteiger partial charge in [-0.15, -0.1) is 0 Å². The second-order valence-corrected chi connectivity index (χ2v) is 7.09. The van der Waals surface area contributed by atoms with Gasteiger partial charge >= 0.3 is 0 Å². The van der Waals surface area contributed by atoms with E-state index in [0.717, 1.165) is 44.8 Å².